The molecule has 0 aliphatic rings. The Labute approximate surface area is 178 Å². The molecule has 0 atom stereocenters. The van der Waals surface area contributed by atoms with Gasteiger partial charge in [0.1, 0.15) is 0 Å². The van der Waals surface area contributed by atoms with Crippen molar-refractivity contribution in [1.82, 2.24) is 19.2 Å². The van der Waals surface area contributed by atoms with Crippen molar-refractivity contribution >= 4 is 51.6 Å². The molecule has 0 bridgehead atoms. The number of thioether (sulfide) groups is 1. The van der Waals surface area contributed by atoms with E-state index < -0.39 is 0 Å². The normalized spacial score (nSPS) is 11.2. The Bertz CT molecular complexity index is 1200. The largest absolute Gasteiger partial charge is 0.300 e. The molecule has 0 spiro atoms. The van der Waals surface area contributed by atoms with Gasteiger partial charge in [0.15, 0.2) is 5.16 Å². The van der Waals surface area contributed by atoms with Crippen LogP contribution in [-0.2, 0) is 5.75 Å². The SMILES string of the molecule is Cc1c(Cl)cccc1-n1ccn2c(SCc3cccc(I)c3)nnc2c1=O. The smallest absolute Gasteiger partial charge is 0.279 e. The molecule has 0 amide bonds. The topological polar surface area (TPSA) is 52.2 Å². The molecule has 8 heteroatoms. The predicted molar refractivity (Wildman–Crippen MR) is 117 cm³/mol. The van der Waals surface area contributed by atoms with Crippen LogP contribution in [0, 0.1) is 10.5 Å². The van der Waals surface area contributed by atoms with Crippen molar-refractivity contribution in [2.75, 3.05) is 0 Å². The zero-order chi connectivity index (χ0) is 19.0. The molecule has 4 aromatic rings. The highest BCUT2D eigenvalue weighted by Gasteiger charge is 2.14. The van der Waals surface area contributed by atoms with E-state index in [9.17, 15) is 4.79 Å². The van der Waals surface area contributed by atoms with Crippen LogP contribution >= 0.6 is 46.0 Å². The lowest BCUT2D eigenvalue weighted by Gasteiger charge is -2.10. The summed E-state index contributed by atoms with van der Waals surface area (Å²) in [6, 6.07) is 13.8. The fraction of sp³-hybridized carbons (Fsp3) is 0.105. The van der Waals surface area contributed by atoms with Crippen molar-refractivity contribution < 1.29 is 0 Å². The number of halogens is 2. The third-order valence-corrected chi connectivity index (χ3v) is 6.29. The quantitative estimate of drug-likeness (QED) is 0.295. The van der Waals surface area contributed by atoms with Crippen LogP contribution in [0.4, 0.5) is 0 Å². The number of hydrogen-bond acceptors (Lipinski definition) is 4. The summed E-state index contributed by atoms with van der Waals surface area (Å²) in [5.41, 5.74) is 2.86. The first-order valence-electron chi connectivity index (χ1n) is 8.14. The molecule has 136 valence electrons. The van der Waals surface area contributed by atoms with Crippen LogP contribution in [0.3, 0.4) is 0 Å². The van der Waals surface area contributed by atoms with Gasteiger partial charge in [-0.15, -0.1) is 10.2 Å². The second-order valence-electron chi connectivity index (χ2n) is 5.95. The molecule has 4 rings (SSSR count). The van der Waals surface area contributed by atoms with E-state index in [1.807, 2.05) is 31.3 Å². The summed E-state index contributed by atoms with van der Waals surface area (Å²) in [4.78, 5) is 12.9. The van der Waals surface area contributed by atoms with Crippen molar-refractivity contribution in [1.29, 1.82) is 0 Å². The summed E-state index contributed by atoms with van der Waals surface area (Å²) < 4.78 is 4.48. The molecular formula is C19H14ClIN4OS. The molecule has 0 aliphatic carbocycles. The highest BCUT2D eigenvalue weighted by Crippen LogP contribution is 2.23. The minimum atomic E-state index is -0.225. The molecule has 0 radical (unpaired) electrons. The van der Waals surface area contributed by atoms with Gasteiger partial charge in [0, 0.05) is 26.7 Å². The van der Waals surface area contributed by atoms with E-state index in [2.05, 4.69) is 51.0 Å². The van der Waals surface area contributed by atoms with Gasteiger partial charge in [0.25, 0.3) is 0 Å². The molecule has 0 unspecified atom stereocenters. The number of benzene rings is 2. The van der Waals surface area contributed by atoms with Gasteiger partial charge in [-0.3, -0.25) is 13.8 Å². The Hall–Kier alpha value is -1.84. The average molecular weight is 509 g/mol. The molecule has 2 aromatic carbocycles. The molecule has 2 heterocycles. The second kappa shape index (κ2) is 7.65. The molecule has 27 heavy (non-hydrogen) atoms. The Morgan fingerprint density at radius 2 is 1.96 bits per heavy atom. The molecule has 0 fully saturated rings. The Morgan fingerprint density at radius 3 is 2.78 bits per heavy atom. The number of nitrogens with zero attached hydrogens (tertiary/aromatic N) is 4. The highest BCUT2D eigenvalue weighted by molar-refractivity contribution is 14.1. The standard InChI is InChI=1S/C19H14ClIN4OS/c1-12-15(20)6-3-7-16(12)24-8-9-25-17(18(24)26)22-23-19(25)27-11-13-4-2-5-14(21)10-13/h2-10H,11H2,1H3. The molecule has 5 nitrogen and oxygen atoms in total. The lowest BCUT2D eigenvalue weighted by molar-refractivity contribution is 0.890. The van der Waals surface area contributed by atoms with Crippen LogP contribution in [0.25, 0.3) is 11.3 Å². The summed E-state index contributed by atoms with van der Waals surface area (Å²) >= 11 is 10.0. The van der Waals surface area contributed by atoms with E-state index in [-0.39, 0.29) is 5.56 Å². The first-order chi connectivity index (χ1) is 13.0. The zero-order valence-corrected chi connectivity index (χ0v) is 18.0. The molecule has 0 saturated carbocycles. The maximum Gasteiger partial charge on any atom is 0.300 e. The van der Waals surface area contributed by atoms with Crippen LogP contribution in [0.15, 0.2) is 64.8 Å². The third-order valence-electron chi connectivity index (χ3n) is 4.20. The number of fused-ring (bicyclic) bond motifs is 1. The molecule has 0 N–H and O–H groups in total. The van der Waals surface area contributed by atoms with Gasteiger partial charge in [0.05, 0.1) is 5.69 Å². The van der Waals surface area contributed by atoms with Crippen molar-refractivity contribution in [2.24, 2.45) is 0 Å². The van der Waals surface area contributed by atoms with Crippen LogP contribution in [0.2, 0.25) is 5.02 Å². The lowest BCUT2D eigenvalue weighted by atomic mass is 10.2. The number of aromatic nitrogens is 4. The van der Waals surface area contributed by atoms with E-state index in [1.165, 1.54) is 9.13 Å². The van der Waals surface area contributed by atoms with E-state index in [0.717, 1.165) is 17.0 Å². The van der Waals surface area contributed by atoms with Crippen LogP contribution in [0.5, 0.6) is 0 Å². The first kappa shape index (κ1) is 18.5. The number of hydrogen-bond donors (Lipinski definition) is 0. The summed E-state index contributed by atoms with van der Waals surface area (Å²) in [6.07, 6.45) is 3.54. The minimum absolute atomic E-state index is 0.225. The van der Waals surface area contributed by atoms with Crippen LogP contribution in [-0.4, -0.2) is 19.2 Å². The van der Waals surface area contributed by atoms with E-state index in [4.69, 9.17) is 11.6 Å². The van der Waals surface area contributed by atoms with Crippen molar-refractivity contribution in [3.63, 3.8) is 0 Å². The fourth-order valence-corrected chi connectivity index (χ4v) is 4.42. The van der Waals surface area contributed by atoms with Crippen molar-refractivity contribution in [2.45, 2.75) is 17.8 Å². The average Bonchev–Trinajstić information content (AvgIpc) is 3.07. The minimum Gasteiger partial charge on any atom is -0.279 e. The Balaban J connectivity index is 1.70. The van der Waals surface area contributed by atoms with Gasteiger partial charge < -0.3 is 0 Å². The van der Waals surface area contributed by atoms with Crippen molar-refractivity contribution in [3.8, 4) is 5.69 Å². The first-order valence-corrected chi connectivity index (χ1v) is 10.6. The molecule has 2 aromatic heterocycles. The Kier molecular flexibility index (Phi) is 5.25. The highest BCUT2D eigenvalue weighted by atomic mass is 127. The molecular weight excluding hydrogens is 495 g/mol. The summed E-state index contributed by atoms with van der Waals surface area (Å²) in [5.74, 6) is 0.758. The monoisotopic (exact) mass is 508 g/mol. The maximum absolute atomic E-state index is 12.9. The van der Waals surface area contributed by atoms with Gasteiger partial charge >= 0.3 is 5.56 Å². The van der Waals surface area contributed by atoms with Gasteiger partial charge in [-0.2, -0.15) is 0 Å². The lowest BCUT2D eigenvalue weighted by Crippen LogP contribution is -2.21. The molecule has 0 aliphatic heterocycles. The fourth-order valence-electron chi connectivity index (χ4n) is 2.79. The van der Waals surface area contributed by atoms with Crippen LogP contribution < -0.4 is 5.56 Å². The summed E-state index contributed by atoms with van der Waals surface area (Å²) in [7, 11) is 0. The van der Waals surface area contributed by atoms with E-state index >= 15 is 0 Å². The summed E-state index contributed by atoms with van der Waals surface area (Å²) in [5, 5.41) is 9.62. The summed E-state index contributed by atoms with van der Waals surface area (Å²) in [6.45, 7) is 1.89. The predicted octanol–water partition coefficient (Wildman–Crippen LogP) is 4.74. The van der Waals surface area contributed by atoms with Gasteiger partial charge in [-0.05, 0) is 64.9 Å². The zero-order valence-electron chi connectivity index (χ0n) is 14.3. The molecule has 0 saturated heterocycles. The van der Waals surface area contributed by atoms with Crippen LogP contribution in [0.1, 0.15) is 11.1 Å². The second-order valence-corrected chi connectivity index (χ2v) is 8.55. The number of rotatable bonds is 4. The van der Waals surface area contributed by atoms with Gasteiger partial charge in [-0.25, -0.2) is 0 Å². The van der Waals surface area contributed by atoms with E-state index in [1.54, 1.807) is 33.0 Å². The van der Waals surface area contributed by atoms with Crippen molar-refractivity contribution in [3.05, 3.63) is 84.9 Å². The maximum atomic E-state index is 12.9. The Morgan fingerprint density at radius 1 is 1.15 bits per heavy atom. The van der Waals surface area contributed by atoms with E-state index in [0.29, 0.717) is 15.8 Å². The third kappa shape index (κ3) is 3.63. The van der Waals surface area contributed by atoms with Gasteiger partial charge in [0.2, 0.25) is 5.65 Å². The van der Waals surface area contributed by atoms with Gasteiger partial charge in [-0.1, -0.05) is 41.6 Å².